The fourth-order valence-corrected chi connectivity index (χ4v) is 0.868. The zero-order valence-electron chi connectivity index (χ0n) is 5.39. The third-order valence-electron chi connectivity index (χ3n) is 0.765. The highest BCUT2D eigenvalue weighted by Crippen LogP contribution is 2.11. The maximum absolute atomic E-state index is 3.63. The molecule has 1 atom stereocenters. The van der Waals surface area contributed by atoms with Crippen LogP contribution in [0.15, 0.2) is 25.1 Å². The van der Waals surface area contributed by atoms with Gasteiger partial charge in [0, 0.05) is 6.20 Å². The average Bonchev–Trinajstić information content (AvgIpc) is 1.83. The van der Waals surface area contributed by atoms with Gasteiger partial charge >= 0.3 is 0 Å². The van der Waals surface area contributed by atoms with Gasteiger partial charge in [0.15, 0.2) is 0 Å². The molecule has 0 aliphatic rings. The lowest BCUT2D eigenvalue weighted by molar-refractivity contribution is 0.845. The molecule has 0 bridgehead atoms. The number of nitrogens with zero attached hydrogens (tertiary/aromatic N) is 1. The lowest BCUT2D eigenvalue weighted by Crippen LogP contribution is -1.90. The lowest BCUT2D eigenvalue weighted by Gasteiger charge is -2.08. The van der Waals surface area contributed by atoms with Crippen molar-refractivity contribution in [3.05, 3.63) is 25.1 Å². The highest BCUT2D eigenvalue weighted by atomic mass is 31.1. The van der Waals surface area contributed by atoms with E-state index in [2.05, 4.69) is 13.2 Å². The van der Waals surface area contributed by atoms with Gasteiger partial charge in [-0.25, -0.2) is 0 Å². The molecule has 0 heterocycles. The molecule has 0 radical (unpaired) electrons. The van der Waals surface area contributed by atoms with Gasteiger partial charge in [0.05, 0.1) is 0 Å². The highest BCUT2D eigenvalue weighted by molar-refractivity contribution is 7.34. The first-order chi connectivity index (χ1) is 3.85. The summed E-state index contributed by atoms with van der Waals surface area (Å²) < 4.78 is 2.04. The number of hydrogen-bond acceptors (Lipinski definition) is 1. The first kappa shape index (κ1) is 7.71. The maximum Gasteiger partial charge on any atom is 0.00270 e. The van der Waals surface area contributed by atoms with E-state index in [0.717, 1.165) is 8.73 Å². The number of allylic oxidation sites excluding steroid dienone is 1. The van der Waals surface area contributed by atoms with Crippen molar-refractivity contribution >= 4 is 8.73 Å². The van der Waals surface area contributed by atoms with Crippen molar-refractivity contribution < 1.29 is 0 Å². The molecule has 0 aromatic rings. The standard InChI is InChI=1S/C6H12NP/c1-4-6-7(5-2)8-3/h4-6,8H,2H2,1,3H3/b6-4-. The molecule has 0 amide bonds. The van der Waals surface area contributed by atoms with Crippen molar-refractivity contribution in [3.8, 4) is 0 Å². The normalized spacial score (nSPS) is 11.2. The van der Waals surface area contributed by atoms with Crippen molar-refractivity contribution in [3.63, 3.8) is 0 Å². The molecule has 0 spiro atoms. The fourth-order valence-electron chi connectivity index (χ4n) is 0.387. The summed E-state index contributed by atoms with van der Waals surface area (Å²) in [5.41, 5.74) is 0. The molecule has 0 saturated heterocycles. The third-order valence-corrected chi connectivity index (χ3v) is 1.61. The van der Waals surface area contributed by atoms with Gasteiger partial charge in [-0.1, -0.05) is 12.7 Å². The third kappa shape index (κ3) is 2.81. The van der Waals surface area contributed by atoms with Crippen molar-refractivity contribution in [1.29, 1.82) is 0 Å². The van der Waals surface area contributed by atoms with Crippen LogP contribution in [0.1, 0.15) is 6.92 Å². The van der Waals surface area contributed by atoms with Crippen LogP contribution in [-0.4, -0.2) is 11.3 Å². The van der Waals surface area contributed by atoms with Crippen molar-refractivity contribution in [2.75, 3.05) is 6.66 Å². The fraction of sp³-hybridized carbons (Fsp3) is 0.333. The Labute approximate surface area is 52.9 Å². The van der Waals surface area contributed by atoms with E-state index in [-0.39, 0.29) is 0 Å². The van der Waals surface area contributed by atoms with Crippen LogP contribution >= 0.6 is 8.73 Å². The second kappa shape index (κ2) is 4.86. The second-order valence-electron chi connectivity index (χ2n) is 1.30. The topological polar surface area (TPSA) is 3.24 Å². The minimum Gasteiger partial charge on any atom is -0.337 e. The van der Waals surface area contributed by atoms with E-state index in [1.165, 1.54) is 0 Å². The van der Waals surface area contributed by atoms with Crippen molar-refractivity contribution in [2.24, 2.45) is 0 Å². The van der Waals surface area contributed by atoms with E-state index in [9.17, 15) is 0 Å². The van der Waals surface area contributed by atoms with Crippen LogP contribution in [0.3, 0.4) is 0 Å². The van der Waals surface area contributed by atoms with Gasteiger partial charge in [-0.2, -0.15) is 0 Å². The summed E-state index contributed by atoms with van der Waals surface area (Å²) in [5.74, 6) is 0. The first-order valence-corrected chi connectivity index (χ1v) is 4.01. The number of rotatable bonds is 3. The van der Waals surface area contributed by atoms with E-state index in [1.807, 2.05) is 30.1 Å². The van der Waals surface area contributed by atoms with Crippen LogP contribution in [0.5, 0.6) is 0 Å². The smallest absolute Gasteiger partial charge is 0.00270 e. The summed E-state index contributed by atoms with van der Waals surface area (Å²) in [5, 5.41) is 0. The molecule has 0 aromatic carbocycles. The Hall–Kier alpha value is -0.290. The minimum absolute atomic E-state index is 0.784. The Balaban J connectivity index is 3.52. The van der Waals surface area contributed by atoms with Gasteiger partial charge in [-0.15, -0.1) is 0 Å². The Morgan fingerprint density at radius 2 is 2.25 bits per heavy atom. The van der Waals surface area contributed by atoms with Crippen LogP contribution in [0, 0.1) is 0 Å². The molecule has 1 unspecified atom stereocenters. The molecule has 8 heavy (non-hydrogen) atoms. The van der Waals surface area contributed by atoms with E-state index in [1.54, 1.807) is 0 Å². The van der Waals surface area contributed by atoms with Gasteiger partial charge in [-0.3, -0.25) is 0 Å². The molecule has 0 aromatic heterocycles. The van der Waals surface area contributed by atoms with Gasteiger partial charge in [-0.05, 0) is 28.5 Å². The van der Waals surface area contributed by atoms with Crippen LogP contribution in [0.2, 0.25) is 0 Å². The number of hydrogen-bond donors (Lipinski definition) is 0. The molecule has 2 heteroatoms. The first-order valence-electron chi connectivity index (χ1n) is 2.56. The predicted molar refractivity (Wildman–Crippen MR) is 41.1 cm³/mol. The zero-order chi connectivity index (χ0) is 6.41. The quantitative estimate of drug-likeness (QED) is 0.528. The monoisotopic (exact) mass is 129 g/mol. The SMILES string of the molecule is C=CN(/C=C\C)PC. The van der Waals surface area contributed by atoms with Crippen molar-refractivity contribution in [1.82, 2.24) is 4.67 Å². The average molecular weight is 129 g/mol. The van der Waals surface area contributed by atoms with Gasteiger partial charge < -0.3 is 4.67 Å². The van der Waals surface area contributed by atoms with Gasteiger partial charge in [0.2, 0.25) is 0 Å². The Morgan fingerprint density at radius 3 is 2.38 bits per heavy atom. The van der Waals surface area contributed by atoms with Crippen LogP contribution in [0.4, 0.5) is 0 Å². The maximum atomic E-state index is 3.63. The summed E-state index contributed by atoms with van der Waals surface area (Å²) in [7, 11) is 0.784. The molecule has 0 N–H and O–H groups in total. The summed E-state index contributed by atoms with van der Waals surface area (Å²) >= 11 is 0. The van der Waals surface area contributed by atoms with Crippen LogP contribution in [0.25, 0.3) is 0 Å². The predicted octanol–water partition coefficient (Wildman–Crippen LogP) is 2.19. The largest absolute Gasteiger partial charge is 0.337 e. The van der Waals surface area contributed by atoms with E-state index in [0.29, 0.717) is 0 Å². The van der Waals surface area contributed by atoms with E-state index >= 15 is 0 Å². The minimum atomic E-state index is 0.784. The van der Waals surface area contributed by atoms with Crippen LogP contribution < -0.4 is 0 Å². The Kier molecular flexibility index (Phi) is 4.68. The molecule has 0 fully saturated rings. The second-order valence-corrected chi connectivity index (χ2v) is 2.26. The molecule has 0 rings (SSSR count). The Bertz CT molecular complexity index is 88.5. The van der Waals surface area contributed by atoms with Gasteiger partial charge in [0.1, 0.15) is 0 Å². The zero-order valence-corrected chi connectivity index (χ0v) is 6.39. The van der Waals surface area contributed by atoms with Gasteiger partial charge in [0.25, 0.3) is 0 Å². The van der Waals surface area contributed by atoms with Crippen LogP contribution in [-0.2, 0) is 0 Å². The summed E-state index contributed by atoms with van der Waals surface area (Å²) in [4.78, 5) is 0. The molecule has 0 saturated carbocycles. The molecule has 0 aliphatic carbocycles. The van der Waals surface area contributed by atoms with Crippen molar-refractivity contribution in [2.45, 2.75) is 6.92 Å². The lowest BCUT2D eigenvalue weighted by atomic mass is 10.7. The van der Waals surface area contributed by atoms with E-state index < -0.39 is 0 Å². The summed E-state index contributed by atoms with van der Waals surface area (Å²) in [6.07, 6.45) is 5.82. The van der Waals surface area contributed by atoms with E-state index in [4.69, 9.17) is 0 Å². The summed E-state index contributed by atoms with van der Waals surface area (Å²) in [6, 6.07) is 0. The molecular weight excluding hydrogens is 117 g/mol. The molecule has 46 valence electrons. The highest BCUT2D eigenvalue weighted by Gasteiger charge is 1.80. The summed E-state index contributed by atoms with van der Waals surface area (Å²) in [6.45, 7) is 7.74. The molecule has 0 aliphatic heterocycles. The molecular formula is C6H12NP. The Morgan fingerprint density at radius 1 is 1.62 bits per heavy atom. The molecule has 1 nitrogen and oxygen atoms in total.